The summed E-state index contributed by atoms with van der Waals surface area (Å²) in [5.74, 6) is 18.0. The topological polar surface area (TPSA) is 0 Å². The first-order chi connectivity index (χ1) is 27.4. The van der Waals surface area contributed by atoms with Gasteiger partial charge in [-0.1, -0.05) is 66.4 Å². The third-order valence-electron chi connectivity index (χ3n) is 22.1. The molecule has 16 saturated carbocycles. The third kappa shape index (κ3) is 6.27. The highest BCUT2D eigenvalue weighted by atomic mass is 31.1. The fourth-order valence-electron chi connectivity index (χ4n) is 21.6. The van der Waals surface area contributed by atoms with Crippen molar-refractivity contribution in [2.45, 2.75) is 196 Å². The van der Waals surface area contributed by atoms with Crippen molar-refractivity contribution in [3.05, 3.63) is 22.4 Å². The third-order valence-corrected chi connectivity index (χ3v) is 34.7. The molecule has 1 unspecified atom stereocenters. The molecule has 17 aliphatic carbocycles. The van der Waals surface area contributed by atoms with E-state index < -0.39 is 16.1 Å². The second kappa shape index (κ2) is 13.6. The highest BCUT2D eigenvalue weighted by molar-refractivity contribution is 7.60. The van der Waals surface area contributed by atoms with Gasteiger partial charge in [0.1, 0.15) is 0 Å². The predicted octanol–water partition coefficient (Wildman–Crippen LogP) is 15.1. The van der Waals surface area contributed by atoms with Crippen molar-refractivity contribution in [1.82, 2.24) is 0 Å². The lowest BCUT2D eigenvalue weighted by Crippen LogP contribution is -2.53. The Morgan fingerprint density at radius 3 is 0.895 bits per heavy atom. The Bertz CT molecular complexity index is 1480. The van der Waals surface area contributed by atoms with Crippen LogP contribution in [0.25, 0.3) is 0 Å². The standard InChI is InChI=1S/C53H84P2Si2/c1-56(2,3)48-27-46(28-54(49-38-11-30-7-31(13-38)14-39(49)12-30)50-40-15-32-8-33(17-40)18-41(50)16-32)47(53(48)57(4,5)6)29-55(51-42-19-34-9-35(21-42)22-43(51)20-34)52-44-23-36-10-37(25-44)26-45(52)24-36/h27,30-45,48-52H,7-26,28-29H2,1-6H3. The average molecular weight is 839 g/mol. The van der Waals surface area contributed by atoms with E-state index in [0.29, 0.717) is 0 Å². The summed E-state index contributed by atoms with van der Waals surface area (Å²) in [4.78, 5) is 0. The molecule has 0 spiro atoms. The fraction of sp³-hybridized carbons (Fsp3) is 0.925. The summed E-state index contributed by atoms with van der Waals surface area (Å²) in [5.41, 5.74) is 9.71. The summed E-state index contributed by atoms with van der Waals surface area (Å²) < 4.78 is 0. The SMILES string of the molecule is C[Si](C)(C)C1=C(CP(C2C3CC4CC(C3)CC2C4)C2C3CC4CC(C3)CC2C4)C(CP(C2C3CC4CC(C3)CC2C4)C2C3CC4CC(C3)CC2C4)=CC1[Si](C)(C)C. The van der Waals surface area contributed by atoms with Gasteiger partial charge >= 0.3 is 0 Å². The van der Waals surface area contributed by atoms with E-state index in [-0.39, 0.29) is 15.8 Å². The van der Waals surface area contributed by atoms with Gasteiger partial charge in [0.2, 0.25) is 0 Å². The van der Waals surface area contributed by atoms with E-state index in [9.17, 15) is 0 Å². The molecule has 314 valence electrons. The molecule has 1 atom stereocenters. The summed E-state index contributed by atoms with van der Waals surface area (Å²) in [6.45, 7) is 17.0. The maximum absolute atomic E-state index is 3.19. The van der Waals surface area contributed by atoms with Crippen LogP contribution in [0.1, 0.15) is 128 Å². The van der Waals surface area contributed by atoms with Crippen molar-refractivity contribution in [3.8, 4) is 0 Å². The van der Waals surface area contributed by atoms with Crippen molar-refractivity contribution >= 4 is 32.0 Å². The molecule has 0 radical (unpaired) electrons. The molecule has 16 fully saturated rings. The molecule has 4 heteroatoms. The lowest BCUT2D eigenvalue weighted by Gasteiger charge is -2.63. The zero-order chi connectivity index (χ0) is 38.3. The summed E-state index contributed by atoms with van der Waals surface area (Å²) in [7, 11) is -2.86. The molecular formula is C53H84P2Si2. The average Bonchev–Trinajstić information content (AvgIpc) is 3.49. The van der Waals surface area contributed by atoms with Crippen LogP contribution in [0.4, 0.5) is 0 Å². The van der Waals surface area contributed by atoms with Gasteiger partial charge in [-0.15, -0.1) is 0 Å². The maximum Gasteiger partial charge on any atom is 0.0732 e. The van der Waals surface area contributed by atoms with E-state index in [0.717, 1.165) is 123 Å². The molecule has 0 amide bonds. The van der Waals surface area contributed by atoms with E-state index in [1.165, 1.54) is 0 Å². The molecule has 0 aliphatic heterocycles. The van der Waals surface area contributed by atoms with Crippen LogP contribution in [0.15, 0.2) is 22.4 Å². The fourth-order valence-corrected chi connectivity index (χ4v) is 37.6. The summed E-state index contributed by atoms with van der Waals surface area (Å²) >= 11 is 0. The zero-order valence-corrected chi connectivity index (χ0v) is 41.4. The minimum atomic E-state index is -1.53. The lowest BCUT2D eigenvalue weighted by atomic mass is 9.55. The van der Waals surface area contributed by atoms with Gasteiger partial charge in [-0.2, -0.15) is 0 Å². The number of allylic oxidation sites excluding steroid dienone is 4. The molecule has 0 saturated heterocycles. The van der Waals surface area contributed by atoms with Crippen LogP contribution in [0.3, 0.4) is 0 Å². The van der Waals surface area contributed by atoms with E-state index in [2.05, 4.69) is 61.7 Å². The Morgan fingerprint density at radius 2 is 0.649 bits per heavy atom. The smallest absolute Gasteiger partial charge is 0.0732 e. The Kier molecular flexibility index (Phi) is 9.16. The largest absolute Gasteiger partial charge is 0.0947 e. The highest BCUT2D eigenvalue weighted by Gasteiger charge is 2.60. The number of rotatable bonds is 10. The summed E-state index contributed by atoms with van der Waals surface area (Å²) in [5, 5.41) is 2.18. The van der Waals surface area contributed by atoms with Crippen LogP contribution in [-0.2, 0) is 0 Å². The van der Waals surface area contributed by atoms with Gasteiger partial charge < -0.3 is 0 Å². The predicted molar refractivity (Wildman–Crippen MR) is 252 cm³/mol. The first kappa shape index (κ1) is 38.3. The van der Waals surface area contributed by atoms with Gasteiger partial charge in [-0.25, -0.2) is 0 Å². The quantitative estimate of drug-likeness (QED) is 0.152. The van der Waals surface area contributed by atoms with E-state index >= 15 is 0 Å². The van der Waals surface area contributed by atoms with Crippen LogP contribution in [0.2, 0.25) is 44.8 Å². The van der Waals surface area contributed by atoms with Crippen LogP contribution >= 0.6 is 15.8 Å². The first-order valence-corrected chi connectivity index (χ1v) is 36.7. The molecular weight excluding hydrogens is 755 g/mol. The second-order valence-electron chi connectivity index (χ2n) is 27.7. The van der Waals surface area contributed by atoms with Crippen molar-refractivity contribution in [3.63, 3.8) is 0 Å². The monoisotopic (exact) mass is 839 g/mol. The van der Waals surface area contributed by atoms with Gasteiger partial charge in [0, 0.05) is 0 Å². The van der Waals surface area contributed by atoms with Gasteiger partial charge in [-0.05, 0) is 275 Å². The van der Waals surface area contributed by atoms with E-state index in [1.54, 1.807) is 141 Å². The Hall–Kier alpha value is 0.774. The zero-order valence-electron chi connectivity index (χ0n) is 37.7. The van der Waals surface area contributed by atoms with Gasteiger partial charge in [-0.3, -0.25) is 0 Å². The molecule has 0 N–H and O–H groups in total. The molecule has 57 heavy (non-hydrogen) atoms. The Labute approximate surface area is 355 Å². The molecule has 0 aromatic carbocycles. The van der Waals surface area contributed by atoms with Crippen LogP contribution in [0.5, 0.6) is 0 Å². The molecule has 17 aliphatic rings. The van der Waals surface area contributed by atoms with Crippen molar-refractivity contribution in [2.75, 3.05) is 12.3 Å². The van der Waals surface area contributed by atoms with Gasteiger partial charge in [0.15, 0.2) is 0 Å². The van der Waals surface area contributed by atoms with Crippen molar-refractivity contribution < 1.29 is 0 Å². The molecule has 0 aromatic rings. The first-order valence-electron chi connectivity index (χ1n) is 26.3. The molecule has 0 heterocycles. The maximum atomic E-state index is 3.19. The Morgan fingerprint density at radius 1 is 0.386 bits per heavy atom. The second-order valence-corrected chi connectivity index (χ2v) is 43.2. The normalized spacial score (nSPS) is 54.7. The van der Waals surface area contributed by atoms with Crippen LogP contribution in [-0.4, -0.2) is 51.1 Å². The minimum absolute atomic E-state index is 0.0459. The minimum Gasteiger partial charge on any atom is -0.0947 e. The lowest BCUT2D eigenvalue weighted by molar-refractivity contribution is 0.0129. The van der Waals surface area contributed by atoms with Crippen molar-refractivity contribution in [1.29, 1.82) is 0 Å². The van der Waals surface area contributed by atoms with E-state index in [1.807, 2.05) is 0 Å². The van der Waals surface area contributed by atoms with E-state index in [4.69, 9.17) is 0 Å². The van der Waals surface area contributed by atoms with Crippen LogP contribution < -0.4 is 0 Å². The molecule has 16 bridgehead atoms. The summed E-state index contributed by atoms with van der Waals surface area (Å²) in [6.07, 6.45) is 39.5. The van der Waals surface area contributed by atoms with Gasteiger partial charge in [0.05, 0.1) is 16.1 Å². The molecule has 0 aromatic heterocycles. The highest BCUT2D eigenvalue weighted by Crippen LogP contribution is 2.75. The molecule has 17 rings (SSSR count). The van der Waals surface area contributed by atoms with Crippen molar-refractivity contribution in [2.24, 2.45) is 94.7 Å². The number of hydrogen-bond acceptors (Lipinski definition) is 0. The Balaban J connectivity index is 0.922. The van der Waals surface area contributed by atoms with Gasteiger partial charge in [0.25, 0.3) is 0 Å². The molecule has 0 nitrogen and oxygen atoms in total. The number of hydrogen-bond donors (Lipinski definition) is 0. The van der Waals surface area contributed by atoms with Crippen LogP contribution in [0, 0.1) is 94.7 Å². The summed E-state index contributed by atoms with van der Waals surface area (Å²) in [6, 6.07) is 0.